The van der Waals surface area contributed by atoms with Crippen LogP contribution in [0.3, 0.4) is 0 Å². The maximum absolute atomic E-state index is 11.2. The van der Waals surface area contributed by atoms with Gasteiger partial charge in [-0.2, -0.15) is 0 Å². The summed E-state index contributed by atoms with van der Waals surface area (Å²) in [6, 6.07) is 7.70. The molecular weight excluding hydrogens is 268 g/mol. The standard InChI is InChI=1S/C15H24O2Si2/c1-13(16)15-9-7-14(8-10-15)11-12-19(5,6)17-18(2,3)4/h7-12H,1-6H3/b12-11-. The van der Waals surface area contributed by atoms with Gasteiger partial charge in [0.2, 0.25) is 0 Å². The summed E-state index contributed by atoms with van der Waals surface area (Å²) < 4.78 is 6.25. The van der Waals surface area contributed by atoms with Crippen molar-refractivity contribution < 1.29 is 8.91 Å². The van der Waals surface area contributed by atoms with Crippen LogP contribution in [0.25, 0.3) is 6.08 Å². The van der Waals surface area contributed by atoms with Gasteiger partial charge in [-0.1, -0.05) is 36.0 Å². The van der Waals surface area contributed by atoms with Crippen molar-refractivity contribution in [1.29, 1.82) is 0 Å². The van der Waals surface area contributed by atoms with Crippen molar-refractivity contribution in [1.82, 2.24) is 0 Å². The minimum Gasteiger partial charge on any atom is -0.453 e. The van der Waals surface area contributed by atoms with E-state index in [1.165, 1.54) is 0 Å². The minimum atomic E-state index is -1.74. The van der Waals surface area contributed by atoms with Crippen LogP contribution in [0.5, 0.6) is 0 Å². The Morgan fingerprint density at radius 2 is 1.58 bits per heavy atom. The monoisotopic (exact) mass is 292 g/mol. The first-order valence-corrected chi connectivity index (χ1v) is 13.0. The van der Waals surface area contributed by atoms with Crippen LogP contribution in [0.1, 0.15) is 22.8 Å². The zero-order valence-electron chi connectivity index (χ0n) is 12.8. The van der Waals surface area contributed by atoms with Gasteiger partial charge in [0.05, 0.1) is 0 Å². The van der Waals surface area contributed by atoms with Crippen molar-refractivity contribution in [2.45, 2.75) is 39.7 Å². The fraction of sp³-hybridized carbons (Fsp3) is 0.400. The number of hydrogen-bond donors (Lipinski definition) is 0. The number of rotatable bonds is 5. The molecule has 0 amide bonds. The lowest BCUT2D eigenvalue weighted by Crippen LogP contribution is -2.40. The van der Waals surface area contributed by atoms with E-state index in [1.54, 1.807) is 6.92 Å². The maximum atomic E-state index is 11.2. The Balaban J connectivity index is 2.78. The number of carbonyl (C=O) groups is 1. The fourth-order valence-electron chi connectivity index (χ4n) is 1.95. The molecule has 0 aliphatic carbocycles. The van der Waals surface area contributed by atoms with Gasteiger partial charge in [-0.15, -0.1) is 0 Å². The molecule has 0 aromatic heterocycles. The van der Waals surface area contributed by atoms with E-state index in [0.717, 1.165) is 11.1 Å². The highest BCUT2D eigenvalue weighted by atomic mass is 28.4. The van der Waals surface area contributed by atoms with Gasteiger partial charge in [-0.3, -0.25) is 4.79 Å². The Hall–Kier alpha value is -0.976. The van der Waals surface area contributed by atoms with Crippen LogP contribution >= 0.6 is 0 Å². The van der Waals surface area contributed by atoms with E-state index in [4.69, 9.17) is 4.12 Å². The molecule has 0 aliphatic rings. The van der Waals surface area contributed by atoms with Gasteiger partial charge in [0.15, 0.2) is 22.4 Å². The second kappa shape index (κ2) is 5.99. The minimum absolute atomic E-state index is 0.104. The van der Waals surface area contributed by atoms with Crippen LogP contribution in [0, 0.1) is 0 Å². The lowest BCUT2D eigenvalue weighted by atomic mass is 10.1. The number of benzene rings is 1. The first-order valence-electron chi connectivity index (χ1n) is 6.59. The Morgan fingerprint density at radius 1 is 1.05 bits per heavy atom. The molecule has 0 radical (unpaired) electrons. The molecule has 0 spiro atoms. The number of Topliss-reactive ketones (excluding diaryl/α,β-unsaturated/α-hetero) is 1. The van der Waals surface area contributed by atoms with Gasteiger partial charge in [0.1, 0.15) is 0 Å². The quantitative estimate of drug-likeness (QED) is 0.590. The average molecular weight is 293 g/mol. The molecule has 0 atom stereocenters. The van der Waals surface area contributed by atoms with E-state index >= 15 is 0 Å². The highest BCUT2D eigenvalue weighted by molar-refractivity contribution is 6.87. The van der Waals surface area contributed by atoms with Gasteiger partial charge >= 0.3 is 0 Å². The molecule has 4 heteroatoms. The first kappa shape index (κ1) is 16.1. The predicted octanol–water partition coefficient (Wildman–Crippen LogP) is 4.50. The molecule has 1 aromatic carbocycles. The number of carbonyl (C=O) groups excluding carboxylic acids is 1. The van der Waals surface area contributed by atoms with E-state index in [2.05, 4.69) is 44.5 Å². The first-order chi connectivity index (χ1) is 8.59. The van der Waals surface area contributed by atoms with Crippen LogP contribution in [-0.2, 0) is 4.12 Å². The second-order valence-electron chi connectivity index (χ2n) is 6.33. The summed E-state index contributed by atoms with van der Waals surface area (Å²) in [5.74, 6) is 0.104. The molecular formula is C15H24O2Si2. The van der Waals surface area contributed by atoms with Crippen molar-refractivity contribution in [3.8, 4) is 0 Å². The molecule has 2 nitrogen and oxygen atoms in total. The van der Waals surface area contributed by atoms with Crippen LogP contribution in [0.4, 0.5) is 0 Å². The van der Waals surface area contributed by atoms with E-state index in [9.17, 15) is 4.79 Å². The van der Waals surface area contributed by atoms with Crippen molar-refractivity contribution >= 4 is 28.5 Å². The van der Waals surface area contributed by atoms with Crippen LogP contribution < -0.4 is 0 Å². The third kappa shape index (κ3) is 6.14. The summed E-state index contributed by atoms with van der Waals surface area (Å²) in [6.45, 7) is 12.7. The van der Waals surface area contributed by atoms with Crippen LogP contribution in [0.15, 0.2) is 30.0 Å². The molecule has 0 aliphatic heterocycles. The Kier molecular flexibility index (Phi) is 5.07. The summed E-state index contributed by atoms with van der Waals surface area (Å²) in [6.07, 6.45) is 2.11. The van der Waals surface area contributed by atoms with Crippen LogP contribution in [-0.4, -0.2) is 22.4 Å². The molecule has 0 heterocycles. The Bertz CT molecular complexity index is 468. The van der Waals surface area contributed by atoms with E-state index in [0.29, 0.717) is 0 Å². The van der Waals surface area contributed by atoms with E-state index in [1.807, 2.05) is 24.3 Å². The zero-order valence-corrected chi connectivity index (χ0v) is 14.8. The number of hydrogen-bond acceptors (Lipinski definition) is 2. The summed E-state index contributed by atoms with van der Waals surface area (Å²) in [4.78, 5) is 11.2. The molecule has 0 saturated heterocycles. The normalized spacial score (nSPS) is 12.9. The van der Waals surface area contributed by atoms with Crippen molar-refractivity contribution in [2.24, 2.45) is 0 Å². The van der Waals surface area contributed by atoms with Crippen molar-refractivity contribution in [2.75, 3.05) is 0 Å². The summed E-state index contributed by atoms with van der Waals surface area (Å²) in [7, 11) is -3.23. The summed E-state index contributed by atoms with van der Waals surface area (Å²) >= 11 is 0. The zero-order chi connectivity index (χ0) is 14.7. The number of ketones is 1. The topological polar surface area (TPSA) is 26.3 Å². The molecule has 0 N–H and O–H groups in total. The third-order valence-electron chi connectivity index (χ3n) is 2.56. The van der Waals surface area contributed by atoms with Crippen molar-refractivity contribution in [3.63, 3.8) is 0 Å². The molecule has 0 unspecified atom stereocenters. The molecule has 0 fully saturated rings. The molecule has 1 aromatic rings. The second-order valence-corrected chi connectivity index (χ2v) is 14.9. The van der Waals surface area contributed by atoms with Gasteiger partial charge < -0.3 is 4.12 Å². The van der Waals surface area contributed by atoms with Gasteiger partial charge in [0, 0.05) is 5.56 Å². The molecule has 0 bridgehead atoms. The lowest BCUT2D eigenvalue weighted by molar-refractivity contribution is 0.101. The highest BCUT2D eigenvalue weighted by Gasteiger charge is 2.26. The average Bonchev–Trinajstić information content (AvgIpc) is 2.24. The predicted molar refractivity (Wildman–Crippen MR) is 87.4 cm³/mol. The SMILES string of the molecule is CC(=O)c1ccc(/C=C\[Si](C)(C)O[Si](C)(C)C)cc1. The van der Waals surface area contributed by atoms with Gasteiger partial charge in [-0.25, -0.2) is 0 Å². The summed E-state index contributed by atoms with van der Waals surface area (Å²) in [5.41, 5.74) is 4.09. The van der Waals surface area contributed by atoms with Crippen LogP contribution in [0.2, 0.25) is 32.7 Å². The van der Waals surface area contributed by atoms with Gasteiger partial charge in [-0.05, 0) is 45.2 Å². The largest absolute Gasteiger partial charge is 0.453 e. The van der Waals surface area contributed by atoms with E-state index in [-0.39, 0.29) is 5.78 Å². The molecule has 19 heavy (non-hydrogen) atoms. The summed E-state index contributed by atoms with van der Waals surface area (Å²) in [5, 5.41) is 0. The highest BCUT2D eigenvalue weighted by Crippen LogP contribution is 2.17. The molecule has 0 saturated carbocycles. The lowest BCUT2D eigenvalue weighted by Gasteiger charge is -2.28. The Labute approximate surface area is 118 Å². The smallest absolute Gasteiger partial charge is 0.198 e. The fourth-order valence-corrected chi connectivity index (χ4v) is 9.13. The Morgan fingerprint density at radius 3 is 2.00 bits per heavy atom. The molecule has 104 valence electrons. The molecule has 1 rings (SSSR count). The van der Waals surface area contributed by atoms with Gasteiger partial charge in [0.25, 0.3) is 0 Å². The van der Waals surface area contributed by atoms with E-state index < -0.39 is 16.6 Å². The third-order valence-corrected chi connectivity index (χ3v) is 8.09. The van der Waals surface area contributed by atoms with Crippen molar-refractivity contribution in [3.05, 3.63) is 41.1 Å². The maximum Gasteiger partial charge on any atom is 0.198 e.